The van der Waals surface area contributed by atoms with Gasteiger partial charge >= 0.3 is 7.12 Å². The molecule has 0 amide bonds. The number of rotatable bonds is 10. The van der Waals surface area contributed by atoms with Crippen molar-refractivity contribution >= 4 is 15.4 Å². The Morgan fingerprint density at radius 3 is 2.20 bits per heavy atom. The third-order valence-corrected chi connectivity index (χ3v) is 16.2. The first-order valence-electron chi connectivity index (χ1n) is 15.9. The van der Waals surface area contributed by atoms with Crippen LogP contribution in [0.15, 0.2) is 12.1 Å². The van der Waals surface area contributed by atoms with E-state index in [1.807, 2.05) is 19.0 Å². The van der Waals surface area contributed by atoms with Crippen LogP contribution < -0.4 is 23.7 Å². The smallest absolute Gasteiger partial charge is 0.454 e. The molecular weight excluding hydrogens is 595 g/mol. The summed E-state index contributed by atoms with van der Waals surface area (Å²) in [5.74, 6) is 1.57. The van der Waals surface area contributed by atoms with Crippen molar-refractivity contribution in [1.29, 1.82) is 0 Å². The van der Waals surface area contributed by atoms with Gasteiger partial charge in [-0.2, -0.15) is 0 Å². The number of methoxy groups -OCH3 is 3. The summed E-state index contributed by atoms with van der Waals surface area (Å²) in [4.78, 5) is 0. The maximum absolute atomic E-state index is 12.2. The second kappa shape index (κ2) is 12.5. The quantitative estimate of drug-likeness (QED) is 0.205. The van der Waals surface area contributed by atoms with E-state index in [-0.39, 0.29) is 47.6 Å². The van der Waals surface area contributed by atoms with Crippen LogP contribution in [-0.4, -0.2) is 61.1 Å². The number of benzene rings is 2. The van der Waals surface area contributed by atoms with Gasteiger partial charge in [-0.05, 0) is 53.6 Å². The van der Waals surface area contributed by atoms with E-state index in [1.54, 1.807) is 14.2 Å². The molecule has 0 spiro atoms. The molecule has 0 saturated carbocycles. The molecule has 12 heteroatoms. The Kier molecular flexibility index (Phi) is 9.38. The van der Waals surface area contributed by atoms with Crippen molar-refractivity contribution < 1.29 is 47.3 Å². The molecule has 3 aliphatic rings. The van der Waals surface area contributed by atoms with E-state index in [0.29, 0.717) is 39.7 Å². The Hall–Kier alpha value is -2.64. The normalized spacial score (nSPS) is 24.0. The lowest BCUT2D eigenvalue weighted by molar-refractivity contribution is -0.151. The minimum absolute atomic E-state index is 0.0294. The number of phenolic OH excluding ortho intramolecular Hbond substituents is 1. The molecule has 248 valence electrons. The molecule has 0 radical (unpaired) electrons. The fraction of sp³-hybridized carbons (Fsp3) is 0.636. The molecule has 45 heavy (non-hydrogen) atoms. The maximum Gasteiger partial charge on any atom is 0.454 e. The number of phenols is 1. The summed E-state index contributed by atoms with van der Waals surface area (Å²) in [5, 5.41) is 12.2. The van der Waals surface area contributed by atoms with Crippen molar-refractivity contribution in [2.45, 2.75) is 96.6 Å². The Morgan fingerprint density at radius 2 is 1.62 bits per heavy atom. The molecule has 1 saturated heterocycles. The van der Waals surface area contributed by atoms with Crippen LogP contribution in [0.1, 0.15) is 78.7 Å². The molecule has 1 N–H and O–H groups in total. The largest absolute Gasteiger partial charge is 0.504 e. The van der Waals surface area contributed by atoms with E-state index >= 15 is 0 Å². The molecule has 0 unspecified atom stereocenters. The number of hydrogen-bond donors (Lipinski definition) is 1. The molecule has 2 aromatic carbocycles. The Morgan fingerprint density at radius 1 is 0.956 bits per heavy atom. The Labute approximate surface area is 268 Å². The third-order valence-electron chi connectivity index (χ3n) is 10.2. The number of fused-ring (bicyclic) bond motifs is 7. The zero-order valence-corrected chi connectivity index (χ0v) is 29.7. The fourth-order valence-corrected chi connectivity index (χ4v) is 13.7. The lowest BCUT2D eigenvalue weighted by Crippen LogP contribution is -2.59. The second-order valence-corrected chi connectivity index (χ2v) is 18.8. The van der Waals surface area contributed by atoms with Gasteiger partial charge in [-0.25, -0.2) is 0 Å². The first-order valence-corrected chi connectivity index (χ1v) is 18.0. The van der Waals surface area contributed by atoms with Crippen LogP contribution in [0.3, 0.4) is 0 Å². The zero-order valence-electron chi connectivity index (χ0n) is 28.7. The van der Waals surface area contributed by atoms with Crippen molar-refractivity contribution in [3.63, 3.8) is 0 Å². The van der Waals surface area contributed by atoms with Crippen molar-refractivity contribution in [3.05, 3.63) is 23.3 Å². The van der Waals surface area contributed by atoms with Gasteiger partial charge in [0.2, 0.25) is 26.6 Å². The van der Waals surface area contributed by atoms with Crippen LogP contribution in [0, 0.1) is 5.92 Å². The molecule has 2 heterocycles. The summed E-state index contributed by atoms with van der Waals surface area (Å²) in [7, 11) is 1.50. The summed E-state index contributed by atoms with van der Waals surface area (Å²) in [6.07, 6.45) is -1.11. The molecule has 0 aromatic heterocycles. The zero-order chi connectivity index (χ0) is 33.0. The van der Waals surface area contributed by atoms with Gasteiger partial charge in [-0.15, -0.1) is 0 Å². The van der Waals surface area contributed by atoms with Crippen LogP contribution in [0.4, 0.5) is 0 Å². The van der Waals surface area contributed by atoms with Gasteiger partial charge in [0.25, 0.3) is 0 Å². The van der Waals surface area contributed by atoms with Gasteiger partial charge in [-0.1, -0.05) is 48.5 Å². The van der Waals surface area contributed by atoms with Gasteiger partial charge < -0.3 is 47.3 Å². The maximum atomic E-state index is 12.2. The molecule has 5 rings (SSSR count). The molecule has 2 aliphatic heterocycles. The average Bonchev–Trinajstić information content (AvgIpc) is 3.45. The summed E-state index contributed by atoms with van der Waals surface area (Å²) in [6.45, 7) is 19.7. The predicted molar refractivity (Wildman–Crippen MR) is 174 cm³/mol. The highest BCUT2D eigenvalue weighted by molar-refractivity contribution is 6.77. The molecular formula is C33H49BO10Si. The van der Waals surface area contributed by atoms with Gasteiger partial charge in [0.1, 0.15) is 0 Å². The molecule has 2 bridgehead atoms. The highest BCUT2D eigenvalue weighted by atomic mass is 28.4. The van der Waals surface area contributed by atoms with Crippen molar-refractivity contribution in [1.82, 2.24) is 0 Å². The summed E-state index contributed by atoms with van der Waals surface area (Å²) < 4.78 is 56.2. The monoisotopic (exact) mass is 644 g/mol. The molecule has 1 fully saturated rings. The van der Waals surface area contributed by atoms with E-state index in [4.69, 9.17) is 42.2 Å². The molecule has 10 nitrogen and oxygen atoms in total. The number of hydrogen-bond acceptors (Lipinski definition) is 10. The molecule has 4 atom stereocenters. The lowest BCUT2D eigenvalue weighted by Gasteiger charge is -2.55. The van der Waals surface area contributed by atoms with Crippen LogP contribution >= 0.6 is 0 Å². The van der Waals surface area contributed by atoms with Crippen LogP contribution in [0.2, 0.25) is 23.4 Å². The first-order chi connectivity index (χ1) is 21.3. The standard InChI is InChI=1S/C33H49BO10Si/c1-17(2)45(18(3)4,19(5)6)43-32-22-14-23(37-11)29(38-12)27(35)25(22)26-21(28-20(7)33(32,8)44-34(9)42-28)13-24-30(41-16-39-24)31(26)40-15-36-10/h13-14,17-20,28,32,35H,15-16H2,1-12H3/t20-,28+,32+,33+/m0/s1. The van der Waals surface area contributed by atoms with Gasteiger partial charge in [0, 0.05) is 24.2 Å². The molecule has 1 aliphatic carbocycles. The minimum atomic E-state index is -2.56. The summed E-state index contributed by atoms with van der Waals surface area (Å²) in [5.41, 5.74) is 2.51. The Bertz CT molecular complexity index is 1390. The van der Waals surface area contributed by atoms with E-state index < -0.39 is 33.2 Å². The summed E-state index contributed by atoms with van der Waals surface area (Å²) in [6, 6.07) is 3.84. The second-order valence-electron chi connectivity index (χ2n) is 13.4. The van der Waals surface area contributed by atoms with Gasteiger partial charge in [0.15, 0.2) is 29.8 Å². The van der Waals surface area contributed by atoms with Crippen molar-refractivity contribution in [3.8, 4) is 45.6 Å². The van der Waals surface area contributed by atoms with Crippen LogP contribution in [0.5, 0.6) is 34.5 Å². The number of ether oxygens (including phenoxy) is 6. The van der Waals surface area contributed by atoms with Crippen LogP contribution in [-0.2, 0) is 18.5 Å². The average molecular weight is 645 g/mol. The van der Waals surface area contributed by atoms with Gasteiger partial charge in [0.05, 0.1) is 32.0 Å². The SMILES string of the molecule is COCOc1c2c(cc3c1-c1c(cc(OC)c(OC)c1O)[C@@H](O[Si](C(C)C)(C(C)C)C(C)C)[C@]1(C)OB(C)O[C@@H]3[C@@H]1C)OCO2. The highest BCUT2D eigenvalue weighted by Crippen LogP contribution is 2.63. The highest BCUT2D eigenvalue weighted by Gasteiger charge is 2.58. The van der Waals surface area contributed by atoms with E-state index in [1.165, 1.54) is 7.11 Å². The van der Waals surface area contributed by atoms with Crippen LogP contribution in [0.25, 0.3) is 11.1 Å². The first kappa shape index (κ1) is 33.7. The van der Waals surface area contributed by atoms with Crippen molar-refractivity contribution in [2.75, 3.05) is 34.9 Å². The van der Waals surface area contributed by atoms with Gasteiger partial charge in [-0.3, -0.25) is 0 Å². The fourth-order valence-electron chi connectivity index (χ4n) is 8.10. The van der Waals surface area contributed by atoms with E-state index in [9.17, 15) is 5.11 Å². The van der Waals surface area contributed by atoms with E-state index in [2.05, 4.69) is 55.4 Å². The number of aromatic hydroxyl groups is 1. The lowest BCUT2D eigenvalue weighted by atomic mass is 9.68. The summed E-state index contributed by atoms with van der Waals surface area (Å²) >= 11 is 0. The minimum Gasteiger partial charge on any atom is -0.504 e. The molecule has 2 aromatic rings. The topological polar surface area (TPSA) is 103 Å². The third kappa shape index (κ3) is 5.17. The van der Waals surface area contributed by atoms with E-state index in [0.717, 1.165) is 5.56 Å². The van der Waals surface area contributed by atoms with Crippen molar-refractivity contribution in [2.24, 2.45) is 5.92 Å². The predicted octanol–water partition coefficient (Wildman–Crippen LogP) is 7.64. The Balaban J connectivity index is 1.97.